The molecule has 0 amide bonds. The van der Waals surface area contributed by atoms with Crippen molar-refractivity contribution in [3.05, 3.63) is 59.2 Å². The summed E-state index contributed by atoms with van der Waals surface area (Å²) in [6.45, 7) is 1.15. The Hall–Kier alpha value is -2.46. The summed E-state index contributed by atoms with van der Waals surface area (Å²) in [7, 11) is -1.60. The van der Waals surface area contributed by atoms with Gasteiger partial charge in [-0.1, -0.05) is 24.1 Å². The van der Waals surface area contributed by atoms with E-state index in [9.17, 15) is 8.42 Å². The van der Waals surface area contributed by atoms with E-state index in [1.54, 1.807) is 34.8 Å². The summed E-state index contributed by atoms with van der Waals surface area (Å²) in [5.41, 5.74) is 5.24. The molecular weight excluding hydrogens is 466 g/mol. The lowest BCUT2D eigenvalue weighted by Gasteiger charge is -2.25. The number of thiocarbonyl (C=S) groups is 1. The average Bonchev–Trinajstić information content (AvgIpc) is 3.09. The van der Waals surface area contributed by atoms with Crippen molar-refractivity contribution in [2.75, 3.05) is 18.4 Å². The fraction of sp³-hybridized carbons (Fsp3) is 0.273. The number of aryl methyl sites for hydroxylation is 1. The molecule has 32 heavy (non-hydrogen) atoms. The average molecular weight is 490 g/mol. The molecule has 1 aliphatic rings. The van der Waals surface area contributed by atoms with Gasteiger partial charge >= 0.3 is 0 Å². The molecule has 1 fully saturated rings. The number of piperidine rings is 1. The summed E-state index contributed by atoms with van der Waals surface area (Å²) in [5.74, 6) is 0. The molecule has 0 bridgehead atoms. The first kappa shape index (κ1) is 22.7. The second-order valence-corrected chi connectivity index (χ2v) is 10.5. The lowest BCUT2D eigenvalue weighted by atomic mass is 10.2. The van der Waals surface area contributed by atoms with Crippen LogP contribution in [0.25, 0.3) is 10.9 Å². The van der Waals surface area contributed by atoms with Gasteiger partial charge in [-0.05, 0) is 61.5 Å². The molecule has 0 atom stereocenters. The highest BCUT2D eigenvalue weighted by Gasteiger charge is 2.26. The minimum atomic E-state index is -3.51. The van der Waals surface area contributed by atoms with Gasteiger partial charge in [-0.25, -0.2) is 8.42 Å². The maximum Gasteiger partial charge on any atom is 0.243 e. The van der Waals surface area contributed by atoms with Crippen LogP contribution in [0, 0.1) is 0 Å². The number of benzene rings is 2. The maximum atomic E-state index is 13.1. The Kier molecular flexibility index (Phi) is 6.80. The van der Waals surface area contributed by atoms with Crippen LogP contribution in [0.2, 0.25) is 5.02 Å². The highest BCUT2D eigenvalue weighted by atomic mass is 35.5. The molecule has 0 unspecified atom stereocenters. The van der Waals surface area contributed by atoms with E-state index in [-0.39, 0.29) is 0 Å². The standard InChI is InChI=1S/C22H24ClN5O2S2/c1-27-15-16(14-24-26-22(31)25-18-7-5-6-17(23)12-18)20-13-19(8-9-21(20)27)32(29,30)28-10-3-2-4-11-28/h5-9,12-15H,2-4,10-11H2,1H3,(H2,25,26,31)/b24-14+. The van der Waals surface area contributed by atoms with Crippen LogP contribution in [-0.4, -0.2) is 41.7 Å². The SMILES string of the molecule is Cn1cc(/C=N/NC(=S)Nc2cccc(Cl)c2)c2cc(S(=O)(=O)N3CCCCC3)ccc21. The van der Waals surface area contributed by atoms with E-state index in [1.165, 1.54) is 0 Å². The molecule has 4 rings (SSSR count). The van der Waals surface area contributed by atoms with Crippen molar-refractivity contribution in [3.8, 4) is 0 Å². The molecule has 3 aromatic rings. The van der Waals surface area contributed by atoms with Crippen LogP contribution in [-0.2, 0) is 17.1 Å². The third-order valence-corrected chi connectivity index (χ3v) is 7.72. The van der Waals surface area contributed by atoms with Gasteiger partial charge in [0.1, 0.15) is 0 Å². The predicted molar refractivity (Wildman–Crippen MR) is 134 cm³/mol. The second-order valence-electron chi connectivity index (χ2n) is 7.67. The van der Waals surface area contributed by atoms with Crippen LogP contribution in [0.3, 0.4) is 0 Å². The van der Waals surface area contributed by atoms with Crippen LogP contribution in [0.5, 0.6) is 0 Å². The number of nitrogens with one attached hydrogen (secondary N) is 2. The Morgan fingerprint density at radius 1 is 1.16 bits per heavy atom. The fourth-order valence-corrected chi connectivity index (χ4v) is 5.71. The van der Waals surface area contributed by atoms with Crippen LogP contribution in [0.15, 0.2) is 58.7 Å². The van der Waals surface area contributed by atoms with Gasteiger partial charge in [0.2, 0.25) is 10.0 Å². The number of halogens is 1. The van der Waals surface area contributed by atoms with Crippen LogP contribution in [0.1, 0.15) is 24.8 Å². The molecule has 7 nitrogen and oxygen atoms in total. The van der Waals surface area contributed by atoms with Gasteiger partial charge in [0.25, 0.3) is 0 Å². The first-order valence-electron chi connectivity index (χ1n) is 10.3. The van der Waals surface area contributed by atoms with Gasteiger partial charge in [-0.3, -0.25) is 5.43 Å². The monoisotopic (exact) mass is 489 g/mol. The van der Waals surface area contributed by atoms with Gasteiger partial charge in [0.05, 0.1) is 11.1 Å². The minimum Gasteiger partial charge on any atom is -0.350 e. The third kappa shape index (κ3) is 4.96. The molecule has 0 radical (unpaired) electrons. The number of rotatable bonds is 5. The van der Waals surface area contributed by atoms with E-state index in [0.717, 1.165) is 41.4 Å². The van der Waals surface area contributed by atoms with E-state index in [4.69, 9.17) is 23.8 Å². The molecule has 2 N–H and O–H groups in total. The van der Waals surface area contributed by atoms with Crippen molar-refractivity contribution in [2.45, 2.75) is 24.2 Å². The Labute approximate surface area is 198 Å². The Morgan fingerprint density at radius 3 is 2.69 bits per heavy atom. The molecule has 10 heteroatoms. The predicted octanol–water partition coefficient (Wildman–Crippen LogP) is 4.33. The fourth-order valence-electron chi connectivity index (χ4n) is 3.81. The largest absolute Gasteiger partial charge is 0.350 e. The zero-order valence-corrected chi connectivity index (χ0v) is 20.0. The number of fused-ring (bicyclic) bond motifs is 1. The quantitative estimate of drug-likeness (QED) is 0.317. The Balaban J connectivity index is 1.53. The van der Waals surface area contributed by atoms with Gasteiger partial charge in [-0.2, -0.15) is 9.41 Å². The minimum absolute atomic E-state index is 0.304. The Morgan fingerprint density at radius 2 is 1.94 bits per heavy atom. The molecule has 0 aliphatic carbocycles. The molecule has 168 valence electrons. The van der Waals surface area contributed by atoms with E-state index in [1.807, 2.05) is 36.0 Å². The summed E-state index contributed by atoms with van der Waals surface area (Å²) in [4.78, 5) is 0.304. The zero-order valence-electron chi connectivity index (χ0n) is 17.6. The van der Waals surface area contributed by atoms with E-state index < -0.39 is 10.0 Å². The summed E-state index contributed by atoms with van der Waals surface area (Å²) in [6.07, 6.45) is 6.41. The smallest absolute Gasteiger partial charge is 0.243 e. The molecule has 0 spiro atoms. The molecule has 1 saturated heterocycles. The highest BCUT2D eigenvalue weighted by molar-refractivity contribution is 7.89. The Bertz CT molecular complexity index is 1280. The van der Waals surface area contributed by atoms with Gasteiger partial charge in [-0.15, -0.1) is 0 Å². The first-order chi connectivity index (χ1) is 15.3. The molecule has 2 heterocycles. The highest BCUT2D eigenvalue weighted by Crippen LogP contribution is 2.26. The number of nitrogens with zero attached hydrogens (tertiary/aromatic N) is 3. The summed E-state index contributed by atoms with van der Waals surface area (Å²) in [6, 6.07) is 12.4. The number of hydrazone groups is 1. The van der Waals surface area contributed by atoms with Crippen molar-refractivity contribution in [3.63, 3.8) is 0 Å². The van der Waals surface area contributed by atoms with Gasteiger partial charge in [0, 0.05) is 53.5 Å². The van der Waals surface area contributed by atoms with Crippen molar-refractivity contribution in [1.82, 2.24) is 14.3 Å². The van der Waals surface area contributed by atoms with Crippen molar-refractivity contribution in [1.29, 1.82) is 0 Å². The third-order valence-electron chi connectivity index (χ3n) is 5.40. The normalized spacial score (nSPS) is 15.3. The molecule has 0 saturated carbocycles. The van der Waals surface area contributed by atoms with Crippen LogP contribution in [0.4, 0.5) is 5.69 Å². The summed E-state index contributed by atoms with van der Waals surface area (Å²) in [5, 5.41) is 8.96. The lowest BCUT2D eigenvalue weighted by Crippen LogP contribution is -2.35. The first-order valence-corrected chi connectivity index (χ1v) is 12.5. The number of hydrogen-bond donors (Lipinski definition) is 2. The van der Waals surface area contributed by atoms with Crippen LogP contribution < -0.4 is 10.7 Å². The number of anilines is 1. The topological polar surface area (TPSA) is 78.7 Å². The summed E-state index contributed by atoms with van der Waals surface area (Å²) >= 11 is 11.3. The number of aromatic nitrogens is 1. The zero-order chi connectivity index (χ0) is 22.7. The van der Waals surface area contributed by atoms with E-state index in [0.29, 0.717) is 28.1 Å². The van der Waals surface area contributed by atoms with Crippen molar-refractivity contribution < 1.29 is 8.42 Å². The van der Waals surface area contributed by atoms with Crippen LogP contribution >= 0.6 is 23.8 Å². The number of hydrogen-bond acceptors (Lipinski definition) is 4. The lowest BCUT2D eigenvalue weighted by molar-refractivity contribution is 0.346. The molecule has 1 aliphatic heterocycles. The molecular formula is C22H24ClN5O2S2. The van der Waals surface area contributed by atoms with Crippen molar-refractivity contribution >= 4 is 61.8 Å². The van der Waals surface area contributed by atoms with Crippen molar-refractivity contribution in [2.24, 2.45) is 12.1 Å². The number of sulfonamides is 1. The second kappa shape index (κ2) is 9.58. The maximum absolute atomic E-state index is 13.1. The molecule has 2 aromatic carbocycles. The van der Waals surface area contributed by atoms with Gasteiger partial charge in [0.15, 0.2) is 5.11 Å². The van der Waals surface area contributed by atoms with E-state index >= 15 is 0 Å². The van der Waals surface area contributed by atoms with Gasteiger partial charge < -0.3 is 9.88 Å². The molecule has 1 aromatic heterocycles. The summed E-state index contributed by atoms with van der Waals surface area (Å²) < 4.78 is 29.7. The van der Waals surface area contributed by atoms with E-state index in [2.05, 4.69) is 15.8 Å².